The van der Waals surface area contributed by atoms with Gasteiger partial charge in [-0.15, -0.1) is 0 Å². The standard InChI is InChI=1S/C21H34O3/c1-6-24-20(23)14-12-10-8-7-9-11-13-19(22)21-17(4)15(2)16(3)18(21)5/h21H,6-14H2,1-5H3. The molecule has 1 rings (SSSR count). The fourth-order valence-corrected chi connectivity index (χ4v) is 3.49. The summed E-state index contributed by atoms with van der Waals surface area (Å²) >= 11 is 0. The third kappa shape index (κ3) is 5.92. The van der Waals surface area contributed by atoms with Gasteiger partial charge in [0, 0.05) is 12.8 Å². The molecule has 0 spiro atoms. The molecule has 0 aliphatic heterocycles. The number of rotatable bonds is 11. The van der Waals surface area contributed by atoms with Gasteiger partial charge in [0.2, 0.25) is 0 Å². The van der Waals surface area contributed by atoms with Crippen LogP contribution in [0.4, 0.5) is 0 Å². The molecule has 136 valence electrons. The molecule has 3 heteroatoms. The number of ether oxygens (including phenoxy) is 1. The zero-order valence-electron chi connectivity index (χ0n) is 16.2. The average molecular weight is 335 g/mol. The van der Waals surface area contributed by atoms with Crippen molar-refractivity contribution in [1.29, 1.82) is 0 Å². The quantitative estimate of drug-likeness (QED) is 0.368. The molecule has 0 unspecified atom stereocenters. The maximum atomic E-state index is 12.5. The molecule has 3 nitrogen and oxygen atoms in total. The van der Waals surface area contributed by atoms with Gasteiger partial charge in [0.1, 0.15) is 5.78 Å². The maximum Gasteiger partial charge on any atom is 0.305 e. The van der Waals surface area contributed by atoms with Crippen molar-refractivity contribution in [2.24, 2.45) is 5.92 Å². The van der Waals surface area contributed by atoms with Crippen molar-refractivity contribution in [3.8, 4) is 0 Å². The largest absolute Gasteiger partial charge is 0.466 e. The monoisotopic (exact) mass is 334 g/mol. The minimum Gasteiger partial charge on any atom is -0.466 e. The van der Waals surface area contributed by atoms with Gasteiger partial charge < -0.3 is 4.74 Å². The van der Waals surface area contributed by atoms with Crippen LogP contribution in [0.25, 0.3) is 0 Å². The van der Waals surface area contributed by atoms with Crippen molar-refractivity contribution in [2.75, 3.05) is 6.61 Å². The molecule has 24 heavy (non-hydrogen) atoms. The minimum absolute atomic E-state index is 0.0366. The molecule has 1 aliphatic rings. The number of Topliss-reactive ketones (excluding diaryl/α,β-unsaturated/α-hetero) is 1. The smallest absolute Gasteiger partial charge is 0.305 e. The van der Waals surface area contributed by atoms with Gasteiger partial charge in [-0.3, -0.25) is 9.59 Å². The highest BCUT2D eigenvalue weighted by Crippen LogP contribution is 2.37. The number of ketones is 1. The van der Waals surface area contributed by atoms with E-state index in [1.54, 1.807) is 0 Å². The van der Waals surface area contributed by atoms with Gasteiger partial charge >= 0.3 is 5.97 Å². The van der Waals surface area contributed by atoms with Crippen LogP contribution in [0, 0.1) is 5.92 Å². The van der Waals surface area contributed by atoms with Crippen LogP contribution in [0.5, 0.6) is 0 Å². The topological polar surface area (TPSA) is 43.4 Å². The van der Waals surface area contributed by atoms with Crippen molar-refractivity contribution in [3.63, 3.8) is 0 Å². The Hall–Kier alpha value is -1.38. The molecule has 0 saturated carbocycles. The van der Waals surface area contributed by atoms with E-state index < -0.39 is 0 Å². The Morgan fingerprint density at radius 1 is 0.792 bits per heavy atom. The molecule has 0 aromatic carbocycles. The predicted molar refractivity (Wildman–Crippen MR) is 98.8 cm³/mol. The van der Waals surface area contributed by atoms with E-state index in [0.717, 1.165) is 38.5 Å². The summed E-state index contributed by atoms with van der Waals surface area (Å²) in [5, 5.41) is 0. The maximum absolute atomic E-state index is 12.5. The Balaban J connectivity index is 2.14. The van der Waals surface area contributed by atoms with Gasteiger partial charge in [0.25, 0.3) is 0 Å². The number of allylic oxidation sites excluding steroid dienone is 4. The van der Waals surface area contributed by atoms with Gasteiger partial charge in [-0.1, -0.05) is 36.8 Å². The summed E-state index contributed by atoms with van der Waals surface area (Å²) in [6.07, 6.45) is 7.54. The van der Waals surface area contributed by atoms with Crippen LogP contribution in [0.1, 0.15) is 86.0 Å². The Kier molecular flexibility index (Phi) is 9.02. The molecule has 0 fully saturated rings. The number of unbranched alkanes of at least 4 members (excludes halogenated alkanes) is 5. The fourth-order valence-electron chi connectivity index (χ4n) is 3.49. The first-order chi connectivity index (χ1) is 11.4. The first kappa shape index (κ1) is 20.7. The Morgan fingerprint density at radius 2 is 1.25 bits per heavy atom. The fraction of sp³-hybridized carbons (Fsp3) is 0.714. The van der Waals surface area contributed by atoms with E-state index >= 15 is 0 Å². The lowest BCUT2D eigenvalue weighted by Gasteiger charge is -2.13. The number of carbonyl (C=O) groups is 2. The molecular weight excluding hydrogens is 300 g/mol. The summed E-state index contributed by atoms with van der Waals surface area (Å²) < 4.78 is 4.91. The molecule has 0 amide bonds. The molecule has 0 aromatic heterocycles. The third-order valence-corrected chi connectivity index (χ3v) is 5.29. The molecule has 1 aliphatic carbocycles. The molecule has 0 heterocycles. The minimum atomic E-state index is -0.0860. The van der Waals surface area contributed by atoms with Crippen molar-refractivity contribution in [1.82, 2.24) is 0 Å². The zero-order valence-corrected chi connectivity index (χ0v) is 16.2. The van der Waals surface area contributed by atoms with E-state index in [1.807, 2.05) is 6.92 Å². The second-order valence-electron chi connectivity index (χ2n) is 6.94. The normalized spacial score (nSPS) is 15.4. The molecule has 0 aromatic rings. The first-order valence-electron chi connectivity index (χ1n) is 9.43. The summed E-state index contributed by atoms with van der Waals surface area (Å²) in [5.41, 5.74) is 5.09. The highest BCUT2D eigenvalue weighted by Gasteiger charge is 2.29. The van der Waals surface area contributed by atoms with Crippen LogP contribution in [0.15, 0.2) is 22.3 Å². The lowest BCUT2D eigenvalue weighted by atomic mass is 9.89. The van der Waals surface area contributed by atoms with E-state index in [9.17, 15) is 9.59 Å². The van der Waals surface area contributed by atoms with Crippen LogP contribution in [0.2, 0.25) is 0 Å². The van der Waals surface area contributed by atoms with Gasteiger partial charge in [0.05, 0.1) is 12.5 Å². The molecule has 0 atom stereocenters. The Morgan fingerprint density at radius 3 is 1.75 bits per heavy atom. The van der Waals surface area contributed by atoms with Crippen LogP contribution in [-0.4, -0.2) is 18.4 Å². The molecule has 0 N–H and O–H groups in total. The molecular formula is C21H34O3. The molecule has 0 saturated heterocycles. The molecule has 0 bridgehead atoms. The van der Waals surface area contributed by atoms with Gasteiger partial charge in [0.15, 0.2) is 0 Å². The SMILES string of the molecule is CCOC(=O)CCCCCCCCC(=O)C1C(C)=C(C)C(C)=C1C. The third-order valence-electron chi connectivity index (χ3n) is 5.29. The van der Waals surface area contributed by atoms with E-state index in [1.165, 1.54) is 22.3 Å². The van der Waals surface area contributed by atoms with Crippen molar-refractivity contribution < 1.29 is 14.3 Å². The van der Waals surface area contributed by atoms with Crippen molar-refractivity contribution >= 4 is 11.8 Å². The van der Waals surface area contributed by atoms with Gasteiger partial charge in [-0.25, -0.2) is 0 Å². The van der Waals surface area contributed by atoms with E-state index in [2.05, 4.69) is 27.7 Å². The second kappa shape index (κ2) is 10.5. The van der Waals surface area contributed by atoms with Crippen LogP contribution in [0.3, 0.4) is 0 Å². The Bertz CT molecular complexity index is 487. The van der Waals surface area contributed by atoms with Crippen LogP contribution in [-0.2, 0) is 14.3 Å². The van der Waals surface area contributed by atoms with E-state index in [0.29, 0.717) is 25.2 Å². The van der Waals surface area contributed by atoms with Crippen molar-refractivity contribution in [2.45, 2.75) is 86.0 Å². The second-order valence-corrected chi connectivity index (χ2v) is 6.94. The van der Waals surface area contributed by atoms with Crippen LogP contribution < -0.4 is 0 Å². The first-order valence-corrected chi connectivity index (χ1v) is 9.43. The molecule has 0 radical (unpaired) electrons. The van der Waals surface area contributed by atoms with Gasteiger partial charge in [-0.2, -0.15) is 0 Å². The average Bonchev–Trinajstić information content (AvgIpc) is 2.73. The summed E-state index contributed by atoms with van der Waals surface area (Å²) in [7, 11) is 0. The summed E-state index contributed by atoms with van der Waals surface area (Å²) in [6, 6.07) is 0. The summed E-state index contributed by atoms with van der Waals surface area (Å²) in [6.45, 7) is 10.7. The number of hydrogen-bond donors (Lipinski definition) is 0. The Labute approximate surface area is 147 Å². The number of carbonyl (C=O) groups excluding carboxylic acids is 2. The number of hydrogen-bond acceptors (Lipinski definition) is 3. The van der Waals surface area contributed by atoms with Gasteiger partial charge in [-0.05, 0) is 58.6 Å². The lowest BCUT2D eigenvalue weighted by Crippen LogP contribution is -2.15. The predicted octanol–water partition coefficient (Wildman–Crippen LogP) is 5.54. The highest BCUT2D eigenvalue weighted by molar-refractivity contribution is 5.88. The lowest BCUT2D eigenvalue weighted by molar-refractivity contribution is -0.143. The zero-order chi connectivity index (χ0) is 18.1. The number of esters is 1. The highest BCUT2D eigenvalue weighted by atomic mass is 16.5. The summed E-state index contributed by atoms with van der Waals surface area (Å²) in [4.78, 5) is 23.7. The summed E-state index contributed by atoms with van der Waals surface area (Å²) in [5.74, 6) is 0.329. The van der Waals surface area contributed by atoms with Crippen LogP contribution >= 0.6 is 0 Å². The van der Waals surface area contributed by atoms with E-state index in [4.69, 9.17) is 4.74 Å². The van der Waals surface area contributed by atoms with E-state index in [-0.39, 0.29) is 11.9 Å². The van der Waals surface area contributed by atoms with Crippen molar-refractivity contribution in [3.05, 3.63) is 22.3 Å².